The molecule has 1 aromatic carbocycles. The van der Waals surface area contributed by atoms with Crippen molar-refractivity contribution in [2.45, 2.75) is 32.6 Å². The van der Waals surface area contributed by atoms with E-state index in [1.165, 1.54) is 19.2 Å². The van der Waals surface area contributed by atoms with Crippen molar-refractivity contribution in [3.8, 4) is 0 Å². The quantitative estimate of drug-likeness (QED) is 0.436. The Bertz CT molecular complexity index is 902. The SMILES string of the molecule is CCOC(=O)C1=C2CCCN2C(C)=C(C(=O)OC)C1c1cccc([N+](=O)[O-])c1. The predicted octanol–water partition coefficient (Wildman–Crippen LogP) is 3.05. The molecule has 28 heavy (non-hydrogen) atoms. The number of non-ortho nitro benzene ring substituents is 1. The number of esters is 2. The molecule has 1 fully saturated rings. The number of fused-ring (bicyclic) bond motifs is 1. The average Bonchev–Trinajstić information content (AvgIpc) is 3.17. The Morgan fingerprint density at radius 1 is 1.29 bits per heavy atom. The fourth-order valence-corrected chi connectivity index (χ4v) is 3.96. The fourth-order valence-electron chi connectivity index (χ4n) is 3.96. The van der Waals surface area contributed by atoms with Crippen molar-refractivity contribution in [1.82, 2.24) is 4.90 Å². The number of hydrogen-bond donors (Lipinski definition) is 0. The van der Waals surface area contributed by atoms with E-state index in [1.54, 1.807) is 19.1 Å². The molecule has 0 saturated carbocycles. The lowest BCUT2D eigenvalue weighted by atomic mass is 9.79. The molecule has 1 unspecified atom stereocenters. The van der Waals surface area contributed by atoms with Crippen molar-refractivity contribution in [2.75, 3.05) is 20.3 Å². The van der Waals surface area contributed by atoms with Gasteiger partial charge in [-0.25, -0.2) is 9.59 Å². The summed E-state index contributed by atoms with van der Waals surface area (Å²) in [6.07, 6.45) is 1.51. The third-order valence-electron chi connectivity index (χ3n) is 5.12. The van der Waals surface area contributed by atoms with Gasteiger partial charge in [-0.15, -0.1) is 0 Å². The number of nitro benzene ring substituents is 1. The zero-order valence-corrected chi connectivity index (χ0v) is 16.1. The second-order valence-corrected chi connectivity index (χ2v) is 6.61. The molecule has 1 aromatic rings. The van der Waals surface area contributed by atoms with E-state index in [1.807, 2.05) is 11.8 Å². The Morgan fingerprint density at radius 2 is 2.04 bits per heavy atom. The first kappa shape index (κ1) is 19.6. The minimum absolute atomic E-state index is 0.110. The molecule has 1 saturated heterocycles. The van der Waals surface area contributed by atoms with Crippen molar-refractivity contribution in [1.29, 1.82) is 0 Å². The molecule has 2 aliphatic rings. The summed E-state index contributed by atoms with van der Waals surface area (Å²) in [5.74, 6) is -1.87. The molecular weight excluding hydrogens is 364 g/mol. The fraction of sp³-hybridized carbons (Fsp3) is 0.400. The van der Waals surface area contributed by atoms with Gasteiger partial charge >= 0.3 is 11.9 Å². The van der Waals surface area contributed by atoms with Gasteiger partial charge in [0.1, 0.15) is 0 Å². The van der Waals surface area contributed by atoms with Gasteiger partial charge in [0, 0.05) is 30.1 Å². The van der Waals surface area contributed by atoms with Gasteiger partial charge in [-0.3, -0.25) is 10.1 Å². The number of ether oxygens (including phenoxy) is 2. The number of methoxy groups -OCH3 is 1. The molecule has 8 nitrogen and oxygen atoms in total. The van der Waals surface area contributed by atoms with Gasteiger partial charge < -0.3 is 14.4 Å². The highest BCUT2D eigenvalue weighted by atomic mass is 16.6. The van der Waals surface area contributed by atoms with Gasteiger partial charge in [-0.2, -0.15) is 0 Å². The van der Waals surface area contributed by atoms with E-state index in [4.69, 9.17) is 9.47 Å². The standard InChI is InChI=1S/C20H22N2O6/c1-4-28-20(24)18-15-9-6-10-21(15)12(2)16(19(23)27-3)17(18)13-7-5-8-14(11-13)22(25)26/h5,7-8,11,17H,4,6,9-10H2,1-3H3. The van der Waals surface area contributed by atoms with Crippen molar-refractivity contribution in [3.63, 3.8) is 0 Å². The number of rotatable bonds is 5. The minimum Gasteiger partial charge on any atom is -0.466 e. The number of carbonyl (C=O) groups excluding carboxylic acids is 2. The van der Waals surface area contributed by atoms with Crippen LogP contribution in [0.4, 0.5) is 5.69 Å². The van der Waals surface area contributed by atoms with Crippen LogP contribution in [0.3, 0.4) is 0 Å². The molecule has 8 heteroatoms. The summed E-state index contributed by atoms with van der Waals surface area (Å²) in [6, 6.07) is 6.00. The lowest BCUT2D eigenvalue weighted by Gasteiger charge is -2.35. The van der Waals surface area contributed by atoms with E-state index in [0.29, 0.717) is 35.4 Å². The zero-order chi connectivity index (χ0) is 20.4. The highest BCUT2D eigenvalue weighted by Gasteiger charge is 2.43. The van der Waals surface area contributed by atoms with Crippen molar-refractivity contribution >= 4 is 17.6 Å². The lowest BCUT2D eigenvalue weighted by molar-refractivity contribution is -0.384. The van der Waals surface area contributed by atoms with Crippen LogP contribution in [-0.2, 0) is 19.1 Å². The minimum atomic E-state index is -0.782. The van der Waals surface area contributed by atoms with E-state index in [0.717, 1.165) is 12.1 Å². The maximum atomic E-state index is 12.9. The van der Waals surface area contributed by atoms with Crippen molar-refractivity contribution < 1.29 is 24.0 Å². The molecule has 0 aromatic heterocycles. The smallest absolute Gasteiger partial charge is 0.336 e. The third kappa shape index (κ3) is 3.26. The van der Waals surface area contributed by atoms with E-state index < -0.39 is 22.8 Å². The van der Waals surface area contributed by atoms with Crippen LogP contribution < -0.4 is 0 Å². The van der Waals surface area contributed by atoms with Gasteiger partial charge in [-0.1, -0.05) is 12.1 Å². The normalized spacial score (nSPS) is 18.8. The summed E-state index contributed by atoms with van der Waals surface area (Å²) < 4.78 is 10.3. The molecule has 0 radical (unpaired) electrons. The van der Waals surface area contributed by atoms with Crippen molar-refractivity contribution in [3.05, 3.63) is 62.5 Å². The van der Waals surface area contributed by atoms with E-state index in [9.17, 15) is 19.7 Å². The molecule has 0 N–H and O–H groups in total. The Balaban J connectivity index is 2.26. The number of benzene rings is 1. The molecule has 0 bridgehead atoms. The zero-order valence-electron chi connectivity index (χ0n) is 16.1. The highest BCUT2D eigenvalue weighted by Crippen LogP contribution is 2.46. The summed E-state index contributed by atoms with van der Waals surface area (Å²) in [5, 5.41) is 11.3. The molecule has 3 rings (SSSR count). The summed E-state index contributed by atoms with van der Waals surface area (Å²) >= 11 is 0. The average molecular weight is 386 g/mol. The van der Waals surface area contributed by atoms with E-state index in [2.05, 4.69) is 0 Å². The second-order valence-electron chi connectivity index (χ2n) is 6.61. The van der Waals surface area contributed by atoms with Gasteiger partial charge in [0.25, 0.3) is 5.69 Å². The number of carbonyl (C=O) groups is 2. The first-order chi connectivity index (χ1) is 13.4. The predicted molar refractivity (Wildman–Crippen MR) is 100 cm³/mol. The second kappa shape index (κ2) is 7.84. The van der Waals surface area contributed by atoms with Crippen LogP contribution in [0.1, 0.15) is 38.2 Å². The first-order valence-electron chi connectivity index (χ1n) is 9.11. The topological polar surface area (TPSA) is 99.0 Å². The van der Waals surface area contributed by atoms with Gasteiger partial charge in [-0.05, 0) is 32.3 Å². The van der Waals surface area contributed by atoms with E-state index in [-0.39, 0.29) is 12.3 Å². The molecule has 148 valence electrons. The summed E-state index contributed by atoms with van der Waals surface area (Å²) in [7, 11) is 1.28. The highest BCUT2D eigenvalue weighted by molar-refractivity contribution is 6.00. The number of hydrogen-bond acceptors (Lipinski definition) is 7. The Hall–Kier alpha value is -3.16. The molecule has 2 heterocycles. The molecular formula is C20H22N2O6. The molecule has 1 atom stereocenters. The summed E-state index contributed by atoms with van der Waals surface area (Å²) in [5.41, 5.74) is 2.53. The number of allylic oxidation sites excluding steroid dienone is 2. The first-order valence-corrected chi connectivity index (χ1v) is 9.11. The van der Waals surface area contributed by atoms with Gasteiger partial charge in [0.15, 0.2) is 0 Å². The molecule has 0 amide bonds. The number of nitrogens with zero attached hydrogens (tertiary/aromatic N) is 2. The van der Waals surface area contributed by atoms with Crippen LogP contribution in [0.2, 0.25) is 0 Å². The maximum absolute atomic E-state index is 12.9. The Kier molecular flexibility index (Phi) is 5.48. The Labute approximate surface area is 162 Å². The van der Waals surface area contributed by atoms with Crippen LogP contribution in [0.25, 0.3) is 0 Å². The summed E-state index contributed by atoms with van der Waals surface area (Å²) in [4.78, 5) is 38.3. The van der Waals surface area contributed by atoms with Gasteiger partial charge in [0.05, 0.1) is 35.7 Å². The lowest BCUT2D eigenvalue weighted by Crippen LogP contribution is -2.33. The van der Waals surface area contributed by atoms with Crippen LogP contribution >= 0.6 is 0 Å². The largest absolute Gasteiger partial charge is 0.466 e. The van der Waals surface area contributed by atoms with Crippen LogP contribution in [0.5, 0.6) is 0 Å². The van der Waals surface area contributed by atoms with Crippen LogP contribution in [-0.4, -0.2) is 42.0 Å². The Morgan fingerprint density at radius 3 is 2.68 bits per heavy atom. The molecule has 0 spiro atoms. The van der Waals surface area contributed by atoms with Crippen LogP contribution in [0.15, 0.2) is 46.8 Å². The maximum Gasteiger partial charge on any atom is 0.336 e. The molecule has 2 aliphatic heterocycles. The van der Waals surface area contributed by atoms with Crippen LogP contribution in [0, 0.1) is 10.1 Å². The van der Waals surface area contributed by atoms with Gasteiger partial charge in [0.2, 0.25) is 0 Å². The van der Waals surface area contributed by atoms with Crippen molar-refractivity contribution in [2.24, 2.45) is 0 Å². The third-order valence-corrected chi connectivity index (χ3v) is 5.12. The molecule has 0 aliphatic carbocycles. The monoisotopic (exact) mass is 386 g/mol. The number of nitro groups is 1. The summed E-state index contributed by atoms with van der Waals surface area (Å²) in [6.45, 7) is 4.40. The van der Waals surface area contributed by atoms with E-state index >= 15 is 0 Å².